The number of thioether (sulfide) groups is 1. The Morgan fingerprint density at radius 3 is 2.90 bits per heavy atom. The zero-order valence-electron chi connectivity index (χ0n) is 10.4. The van der Waals surface area contributed by atoms with Gasteiger partial charge in [0, 0.05) is 12.4 Å². The quantitative estimate of drug-likeness (QED) is 0.639. The molecular formula is C13H9N3O2S2. The third-order valence-corrected chi connectivity index (χ3v) is 3.97. The summed E-state index contributed by atoms with van der Waals surface area (Å²) in [7, 11) is 0. The minimum atomic E-state index is -0.284. The molecule has 0 saturated carbocycles. The highest BCUT2D eigenvalue weighted by atomic mass is 32.2. The summed E-state index contributed by atoms with van der Waals surface area (Å²) >= 11 is 6.05. The van der Waals surface area contributed by atoms with Gasteiger partial charge in [-0.3, -0.25) is 14.0 Å². The molecule has 3 heterocycles. The lowest BCUT2D eigenvalue weighted by atomic mass is 10.2. The summed E-state index contributed by atoms with van der Waals surface area (Å²) in [6.45, 7) is 1.90. The van der Waals surface area contributed by atoms with Crippen molar-refractivity contribution in [3.8, 4) is 0 Å². The van der Waals surface area contributed by atoms with E-state index >= 15 is 0 Å². The molecule has 2 aromatic rings. The second-order valence-corrected chi connectivity index (χ2v) is 6.02. The summed E-state index contributed by atoms with van der Waals surface area (Å²) in [6, 6.07) is 3.67. The fourth-order valence-corrected chi connectivity index (χ4v) is 2.89. The van der Waals surface area contributed by atoms with E-state index in [9.17, 15) is 9.59 Å². The normalized spacial score (nSPS) is 16.9. The van der Waals surface area contributed by atoms with Crippen LogP contribution in [0.5, 0.6) is 0 Å². The van der Waals surface area contributed by atoms with E-state index < -0.39 is 0 Å². The van der Waals surface area contributed by atoms with Gasteiger partial charge in [0.2, 0.25) is 0 Å². The average molecular weight is 303 g/mol. The first-order chi connectivity index (χ1) is 9.54. The number of hydrogen-bond donors (Lipinski definition) is 1. The van der Waals surface area contributed by atoms with Crippen LogP contribution in [0.25, 0.3) is 11.7 Å². The van der Waals surface area contributed by atoms with E-state index in [0.29, 0.717) is 20.4 Å². The number of nitrogens with one attached hydrogen (secondary N) is 1. The molecule has 0 radical (unpaired) electrons. The molecule has 3 rings (SSSR count). The predicted octanol–water partition coefficient (Wildman–Crippen LogP) is 1.49. The topological polar surface area (TPSA) is 63.5 Å². The third-order valence-electron chi connectivity index (χ3n) is 2.81. The molecule has 100 valence electrons. The van der Waals surface area contributed by atoms with Crippen LogP contribution in [0.4, 0.5) is 0 Å². The van der Waals surface area contributed by atoms with E-state index in [1.807, 2.05) is 13.0 Å². The number of carbonyl (C=O) groups is 1. The van der Waals surface area contributed by atoms with Gasteiger partial charge in [0.25, 0.3) is 11.5 Å². The second-order valence-electron chi connectivity index (χ2n) is 4.31. The van der Waals surface area contributed by atoms with Crippen LogP contribution < -0.4 is 10.9 Å². The molecule has 1 amide bonds. The zero-order chi connectivity index (χ0) is 14.3. The van der Waals surface area contributed by atoms with Gasteiger partial charge >= 0.3 is 0 Å². The minimum Gasteiger partial charge on any atom is -0.307 e. The molecule has 0 aliphatic carbocycles. The number of pyridine rings is 1. The number of thiocarbonyl (C=S) groups is 1. The molecule has 0 bridgehead atoms. The Balaban J connectivity index is 2.16. The molecule has 1 aliphatic rings. The Bertz CT molecular complexity index is 839. The molecule has 0 unspecified atom stereocenters. The Hall–Kier alpha value is -1.99. The molecule has 0 aromatic carbocycles. The molecular weight excluding hydrogens is 294 g/mol. The number of fused-ring (bicyclic) bond motifs is 1. The summed E-state index contributed by atoms with van der Waals surface area (Å²) in [6.07, 6.45) is 4.71. The largest absolute Gasteiger partial charge is 0.307 e. The molecule has 20 heavy (non-hydrogen) atoms. The van der Waals surface area contributed by atoms with Gasteiger partial charge in [-0.15, -0.1) is 0 Å². The Morgan fingerprint density at radius 1 is 1.40 bits per heavy atom. The maximum atomic E-state index is 12.4. The first-order valence-electron chi connectivity index (χ1n) is 5.77. The lowest BCUT2D eigenvalue weighted by molar-refractivity contribution is -0.115. The van der Waals surface area contributed by atoms with Gasteiger partial charge in [-0.05, 0) is 24.6 Å². The van der Waals surface area contributed by atoms with Gasteiger partial charge in [0.1, 0.15) is 9.97 Å². The van der Waals surface area contributed by atoms with Crippen LogP contribution in [0.3, 0.4) is 0 Å². The Morgan fingerprint density at radius 2 is 2.20 bits per heavy atom. The van der Waals surface area contributed by atoms with Crippen molar-refractivity contribution < 1.29 is 4.79 Å². The number of rotatable bonds is 1. The molecule has 5 nitrogen and oxygen atoms in total. The number of hydrogen-bond acceptors (Lipinski definition) is 5. The highest BCUT2D eigenvalue weighted by Crippen LogP contribution is 2.24. The minimum absolute atomic E-state index is 0.211. The van der Waals surface area contributed by atoms with Crippen LogP contribution in [0.2, 0.25) is 0 Å². The highest BCUT2D eigenvalue weighted by Gasteiger charge is 2.22. The third kappa shape index (κ3) is 2.25. The van der Waals surface area contributed by atoms with Crippen molar-refractivity contribution in [1.29, 1.82) is 0 Å². The van der Waals surface area contributed by atoms with E-state index in [1.165, 1.54) is 16.7 Å². The van der Waals surface area contributed by atoms with Gasteiger partial charge in [0.15, 0.2) is 0 Å². The molecule has 1 fully saturated rings. The maximum absolute atomic E-state index is 12.4. The Labute approximate surface area is 123 Å². The van der Waals surface area contributed by atoms with E-state index in [1.54, 1.807) is 12.3 Å². The van der Waals surface area contributed by atoms with E-state index in [-0.39, 0.29) is 11.5 Å². The lowest BCUT2D eigenvalue weighted by Gasteiger charge is -2.02. The fraction of sp³-hybridized carbons (Fsp3) is 0.0769. The lowest BCUT2D eigenvalue weighted by Crippen LogP contribution is -2.19. The van der Waals surface area contributed by atoms with E-state index in [0.717, 1.165) is 17.3 Å². The van der Waals surface area contributed by atoms with Crippen LogP contribution >= 0.6 is 24.0 Å². The van der Waals surface area contributed by atoms with Gasteiger partial charge < -0.3 is 5.32 Å². The maximum Gasteiger partial charge on any atom is 0.265 e. The first-order valence-corrected chi connectivity index (χ1v) is 7.00. The molecule has 0 spiro atoms. The molecule has 0 atom stereocenters. The van der Waals surface area contributed by atoms with Crippen molar-refractivity contribution in [3.63, 3.8) is 0 Å². The molecule has 1 N–H and O–H groups in total. The van der Waals surface area contributed by atoms with Gasteiger partial charge in [0.05, 0.1) is 10.5 Å². The smallest absolute Gasteiger partial charge is 0.265 e. The van der Waals surface area contributed by atoms with E-state index in [2.05, 4.69) is 10.3 Å². The summed E-state index contributed by atoms with van der Waals surface area (Å²) < 4.78 is 1.86. The molecule has 7 heteroatoms. The summed E-state index contributed by atoms with van der Waals surface area (Å²) in [5.41, 5.74) is 1.68. The zero-order valence-corrected chi connectivity index (χ0v) is 12.0. The first kappa shape index (κ1) is 13.0. The average Bonchev–Trinajstić information content (AvgIpc) is 2.72. The number of amides is 1. The number of aryl methyl sites for hydroxylation is 1. The summed E-state index contributed by atoms with van der Waals surface area (Å²) in [5, 5.41) is 2.51. The van der Waals surface area contributed by atoms with Gasteiger partial charge in [-0.2, -0.15) is 0 Å². The van der Waals surface area contributed by atoms with Crippen molar-refractivity contribution in [2.45, 2.75) is 6.92 Å². The molecule has 1 saturated heterocycles. The molecule has 1 aliphatic heterocycles. The monoisotopic (exact) mass is 303 g/mol. The van der Waals surface area contributed by atoms with Crippen molar-refractivity contribution in [2.75, 3.05) is 0 Å². The Kier molecular flexibility index (Phi) is 3.15. The van der Waals surface area contributed by atoms with Crippen LogP contribution in [0.15, 0.2) is 34.2 Å². The fourth-order valence-electron chi connectivity index (χ4n) is 1.86. The molecule has 2 aromatic heterocycles. The van der Waals surface area contributed by atoms with Crippen molar-refractivity contribution in [1.82, 2.24) is 14.7 Å². The summed E-state index contributed by atoms with van der Waals surface area (Å²) in [5.74, 6) is -0.284. The van der Waals surface area contributed by atoms with E-state index in [4.69, 9.17) is 12.2 Å². The SMILES string of the molecule is Cc1ccc2ncc(/C=C3\SC(=S)NC3=O)c(=O)n2c1. The second kappa shape index (κ2) is 4.84. The summed E-state index contributed by atoms with van der Waals surface area (Å²) in [4.78, 5) is 28.6. The predicted molar refractivity (Wildman–Crippen MR) is 82.5 cm³/mol. The van der Waals surface area contributed by atoms with Crippen LogP contribution in [0.1, 0.15) is 11.1 Å². The van der Waals surface area contributed by atoms with Gasteiger partial charge in [-0.1, -0.05) is 30.0 Å². The number of carbonyl (C=O) groups excluding carboxylic acids is 1. The number of nitrogens with zero attached hydrogens (tertiary/aromatic N) is 2. The highest BCUT2D eigenvalue weighted by molar-refractivity contribution is 8.26. The van der Waals surface area contributed by atoms with Crippen LogP contribution in [-0.4, -0.2) is 19.6 Å². The van der Waals surface area contributed by atoms with Crippen LogP contribution in [-0.2, 0) is 4.79 Å². The van der Waals surface area contributed by atoms with Crippen molar-refractivity contribution in [2.24, 2.45) is 0 Å². The van der Waals surface area contributed by atoms with Crippen molar-refractivity contribution in [3.05, 3.63) is 50.9 Å². The van der Waals surface area contributed by atoms with Crippen LogP contribution in [0, 0.1) is 6.92 Å². The standard InChI is InChI=1S/C13H9N3O2S2/c1-7-2-3-10-14-5-8(12(18)16(10)6-7)4-9-11(17)15-13(19)20-9/h2-6H,1H3,(H,15,17,19)/b9-4-. The number of aromatic nitrogens is 2. The van der Waals surface area contributed by atoms with Crippen molar-refractivity contribution >= 4 is 45.9 Å². The van der Waals surface area contributed by atoms with Gasteiger partial charge in [-0.25, -0.2) is 4.98 Å².